The number of carboxylic acid groups (broad SMARTS) is 1. The molecular formula is C16H23NO2. The van der Waals surface area contributed by atoms with E-state index in [9.17, 15) is 9.90 Å². The van der Waals surface area contributed by atoms with Gasteiger partial charge >= 0.3 is 5.97 Å². The molecule has 1 heterocycles. The van der Waals surface area contributed by atoms with Crippen molar-refractivity contribution in [2.75, 3.05) is 13.1 Å². The third kappa shape index (κ3) is 3.57. The Morgan fingerprint density at radius 2 is 1.95 bits per heavy atom. The van der Waals surface area contributed by atoms with Crippen LogP contribution < -0.4 is 5.32 Å². The van der Waals surface area contributed by atoms with Gasteiger partial charge in [0, 0.05) is 0 Å². The van der Waals surface area contributed by atoms with Crippen molar-refractivity contribution < 1.29 is 9.90 Å². The highest BCUT2D eigenvalue weighted by atomic mass is 16.4. The van der Waals surface area contributed by atoms with E-state index in [2.05, 4.69) is 24.4 Å². The number of aryl methyl sites for hydroxylation is 1. The molecule has 2 N–H and O–H groups in total. The maximum absolute atomic E-state index is 11.6. The van der Waals surface area contributed by atoms with Crippen LogP contribution in [0.3, 0.4) is 0 Å². The Morgan fingerprint density at radius 1 is 1.32 bits per heavy atom. The van der Waals surface area contributed by atoms with E-state index in [0.717, 1.165) is 44.3 Å². The molecule has 1 unspecified atom stereocenters. The molecule has 1 aromatic rings. The first-order chi connectivity index (χ1) is 9.22. The number of aliphatic carboxylic acids is 1. The van der Waals surface area contributed by atoms with Crippen molar-refractivity contribution in [1.29, 1.82) is 0 Å². The molecule has 0 amide bonds. The van der Waals surface area contributed by atoms with Crippen molar-refractivity contribution >= 4 is 5.97 Å². The quantitative estimate of drug-likeness (QED) is 0.857. The first-order valence-electron chi connectivity index (χ1n) is 7.24. The minimum atomic E-state index is -0.685. The zero-order chi connectivity index (χ0) is 13.7. The van der Waals surface area contributed by atoms with E-state index >= 15 is 0 Å². The fourth-order valence-electron chi connectivity index (χ4n) is 2.97. The van der Waals surface area contributed by atoms with Crippen molar-refractivity contribution in [1.82, 2.24) is 5.32 Å². The lowest BCUT2D eigenvalue weighted by atomic mass is 9.80. The number of hydrogen-bond acceptors (Lipinski definition) is 2. The summed E-state index contributed by atoms with van der Waals surface area (Å²) in [7, 11) is 0. The molecule has 3 nitrogen and oxygen atoms in total. The van der Waals surface area contributed by atoms with E-state index in [0.29, 0.717) is 0 Å². The molecule has 1 aliphatic rings. The van der Waals surface area contributed by atoms with Crippen molar-refractivity contribution in [2.45, 2.75) is 38.5 Å². The van der Waals surface area contributed by atoms with Crippen LogP contribution >= 0.6 is 0 Å². The summed E-state index contributed by atoms with van der Waals surface area (Å²) in [5.41, 5.74) is 2.25. The molecule has 0 bridgehead atoms. The summed E-state index contributed by atoms with van der Waals surface area (Å²) in [5, 5.41) is 12.8. The Kier molecular flexibility index (Phi) is 4.97. The average Bonchev–Trinajstić information content (AvgIpc) is 2.42. The second-order valence-electron chi connectivity index (χ2n) is 5.39. The van der Waals surface area contributed by atoms with Crippen molar-refractivity contribution in [3.63, 3.8) is 0 Å². The fraction of sp³-hybridized carbons (Fsp3) is 0.562. The lowest BCUT2D eigenvalue weighted by Gasteiger charge is -2.28. The second-order valence-corrected chi connectivity index (χ2v) is 5.39. The van der Waals surface area contributed by atoms with Crippen molar-refractivity contribution in [3.05, 3.63) is 35.4 Å². The Bertz CT molecular complexity index is 407. The summed E-state index contributed by atoms with van der Waals surface area (Å²) in [4.78, 5) is 11.6. The van der Waals surface area contributed by atoms with Crippen LogP contribution in [0.5, 0.6) is 0 Å². The average molecular weight is 261 g/mol. The first-order valence-corrected chi connectivity index (χ1v) is 7.24. The highest BCUT2D eigenvalue weighted by molar-refractivity contribution is 5.76. The maximum atomic E-state index is 11.6. The fourth-order valence-corrected chi connectivity index (χ4v) is 2.97. The number of carboxylic acids is 1. The zero-order valence-corrected chi connectivity index (χ0v) is 11.6. The van der Waals surface area contributed by atoms with Gasteiger partial charge in [0.15, 0.2) is 0 Å². The minimum Gasteiger partial charge on any atom is -0.481 e. The van der Waals surface area contributed by atoms with Gasteiger partial charge < -0.3 is 10.4 Å². The predicted octanol–water partition coefficient (Wildman–Crippen LogP) is 2.81. The predicted molar refractivity (Wildman–Crippen MR) is 76.4 cm³/mol. The summed E-state index contributed by atoms with van der Waals surface area (Å²) in [6.45, 7) is 4.02. The lowest BCUT2D eigenvalue weighted by molar-refractivity contribution is -0.140. The molecule has 1 saturated heterocycles. The number of rotatable bonds is 5. The topological polar surface area (TPSA) is 49.3 Å². The van der Waals surface area contributed by atoms with Crippen LogP contribution in [0.2, 0.25) is 0 Å². The minimum absolute atomic E-state index is 0.260. The molecule has 3 heteroatoms. The van der Waals surface area contributed by atoms with Gasteiger partial charge in [0.25, 0.3) is 0 Å². The molecule has 1 aromatic carbocycles. The van der Waals surface area contributed by atoms with E-state index in [1.807, 2.05) is 12.1 Å². The van der Waals surface area contributed by atoms with Crippen molar-refractivity contribution in [2.24, 2.45) is 5.92 Å². The van der Waals surface area contributed by atoms with E-state index in [1.165, 1.54) is 5.56 Å². The van der Waals surface area contributed by atoms with Gasteiger partial charge in [-0.3, -0.25) is 4.79 Å². The number of piperidine rings is 1. The summed E-state index contributed by atoms with van der Waals surface area (Å²) >= 11 is 0. The first kappa shape index (κ1) is 14.1. The summed E-state index contributed by atoms with van der Waals surface area (Å²) in [6, 6.07) is 8.17. The third-order valence-corrected chi connectivity index (χ3v) is 4.00. The monoisotopic (exact) mass is 261 g/mol. The molecule has 1 fully saturated rings. The van der Waals surface area contributed by atoms with Gasteiger partial charge in [-0.05, 0) is 49.4 Å². The molecule has 0 aromatic heterocycles. The van der Waals surface area contributed by atoms with Gasteiger partial charge in [0.1, 0.15) is 0 Å². The standard InChI is InChI=1S/C16H23NO2/c1-2-3-12-4-6-13(7-5-12)15(16(18)19)14-8-10-17-11-9-14/h4-7,14-15,17H,2-3,8-11H2,1H3,(H,18,19). The largest absolute Gasteiger partial charge is 0.481 e. The molecule has 0 spiro atoms. The second kappa shape index (κ2) is 6.71. The molecule has 0 saturated carbocycles. The van der Waals surface area contributed by atoms with Gasteiger partial charge in [-0.1, -0.05) is 37.6 Å². The lowest BCUT2D eigenvalue weighted by Crippen LogP contribution is -2.33. The highest BCUT2D eigenvalue weighted by Crippen LogP contribution is 2.31. The van der Waals surface area contributed by atoms with Gasteiger partial charge in [0.2, 0.25) is 0 Å². The summed E-state index contributed by atoms with van der Waals surface area (Å²) < 4.78 is 0. The smallest absolute Gasteiger partial charge is 0.311 e. The Balaban J connectivity index is 2.15. The summed E-state index contributed by atoms with van der Waals surface area (Å²) in [5.74, 6) is -0.774. The van der Waals surface area contributed by atoms with Crippen LogP contribution in [0, 0.1) is 5.92 Å². The molecule has 104 valence electrons. The Morgan fingerprint density at radius 3 is 2.47 bits per heavy atom. The van der Waals surface area contributed by atoms with E-state index in [-0.39, 0.29) is 11.8 Å². The normalized spacial score (nSPS) is 18.2. The maximum Gasteiger partial charge on any atom is 0.311 e. The van der Waals surface area contributed by atoms with Crippen LogP contribution in [0.25, 0.3) is 0 Å². The number of carbonyl (C=O) groups is 1. The molecule has 1 atom stereocenters. The molecule has 1 aliphatic heterocycles. The van der Waals surface area contributed by atoms with E-state index in [4.69, 9.17) is 0 Å². The SMILES string of the molecule is CCCc1ccc(C(C(=O)O)C2CCNCC2)cc1. The van der Waals surface area contributed by atoms with Crippen LogP contribution in [-0.4, -0.2) is 24.2 Å². The number of nitrogens with one attached hydrogen (secondary N) is 1. The molecular weight excluding hydrogens is 238 g/mol. The molecule has 0 radical (unpaired) electrons. The van der Waals surface area contributed by atoms with E-state index in [1.54, 1.807) is 0 Å². The van der Waals surface area contributed by atoms with Crippen molar-refractivity contribution in [3.8, 4) is 0 Å². The molecule has 2 rings (SSSR count). The molecule has 0 aliphatic carbocycles. The number of hydrogen-bond donors (Lipinski definition) is 2. The van der Waals surface area contributed by atoms with Gasteiger partial charge in [-0.2, -0.15) is 0 Å². The van der Waals surface area contributed by atoms with Gasteiger partial charge in [-0.15, -0.1) is 0 Å². The van der Waals surface area contributed by atoms with Crippen LogP contribution in [0.1, 0.15) is 43.2 Å². The van der Waals surface area contributed by atoms with Gasteiger partial charge in [-0.25, -0.2) is 0 Å². The highest BCUT2D eigenvalue weighted by Gasteiger charge is 2.30. The van der Waals surface area contributed by atoms with Gasteiger partial charge in [0.05, 0.1) is 5.92 Å². The summed E-state index contributed by atoms with van der Waals surface area (Å²) in [6.07, 6.45) is 4.09. The zero-order valence-electron chi connectivity index (χ0n) is 11.6. The Hall–Kier alpha value is -1.35. The van der Waals surface area contributed by atoms with Crippen LogP contribution in [0.15, 0.2) is 24.3 Å². The van der Waals surface area contributed by atoms with Crippen LogP contribution in [-0.2, 0) is 11.2 Å². The van der Waals surface area contributed by atoms with E-state index < -0.39 is 5.97 Å². The van der Waals surface area contributed by atoms with Crippen LogP contribution in [0.4, 0.5) is 0 Å². The number of benzene rings is 1. The Labute approximate surface area is 115 Å². The molecule has 19 heavy (non-hydrogen) atoms. The third-order valence-electron chi connectivity index (χ3n) is 4.00.